The highest BCUT2D eigenvalue weighted by atomic mass is 35.5. The average Bonchev–Trinajstić information content (AvgIpc) is 2.27. The topological polar surface area (TPSA) is 77.8 Å². The first kappa shape index (κ1) is 13.0. The molecule has 0 saturated heterocycles. The molecule has 0 fully saturated rings. The van der Waals surface area contributed by atoms with Gasteiger partial charge in [-0.1, -0.05) is 24.3 Å². The van der Waals surface area contributed by atoms with Crippen molar-refractivity contribution in [2.45, 2.75) is 18.6 Å². The van der Waals surface area contributed by atoms with E-state index in [0.717, 1.165) is 0 Å². The standard InChI is InChI=1S/C11H13ClO4/c12-6-9(13)11(16)8-3-1-7(2-4-8)5-10(14)15/h1-4,9,11,13,16H,5-6H2,(H,14,15). The molecule has 0 aliphatic heterocycles. The molecule has 0 aliphatic carbocycles. The number of hydrogen-bond acceptors (Lipinski definition) is 3. The number of benzene rings is 1. The SMILES string of the molecule is O=C(O)Cc1ccc(C(O)C(O)CCl)cc1. The Hall–Kier alpha value is -1.10. The number of rotatable bonds is 5. The van der Waals surface area contributed by atoms with Crippen molar-refractivity contribution in [3.8, 4) is 0 Å². The van der Waals surface area contributed by atoms with Gasteiger partial charge in [0.15, 0.2) is 0 Å². The van der Waals surface area contributed by atoms with E-state index in [1.54, 1.807) is 24.3 Å². The van der Waals surface area contributed by atoms with Gasteiger partial charge in [-0.25, -0.2) is 0 Å². The molecule has 1 aromatic carbocycles. The van der Waals surface area contributed by atoms with E-state index >= 15 is 0 Å². The lowest BCUT2D eigenvalue weighted by atomic mass is 10.0. The maximum Gasteiger partial charge on any atom is 0.307 e. The summed E-state index contributed by atoms with van der Waals surface area (Å²) >= 11 is 5.41. The van der Waals surface area contributed by atoms with Gasteiger partial charge in [0, 0.05) is 0 Å². The van der Waals surface area contributed by atoms with Crippen LogP contribution in [0.4, 0.5) is 0 Å². The van der Waals surface area contributed by atoms with Crippen molar-refractivity contribution in [3.05, 3.63) is 35.4 Å². The molecule has 0 aromatic heterocycles. The average molecular weight is 245 g/mol. The molecule has 0 spiro atoms. The highest BCUT2D eigenvalue weighted by Crippen LogP contribution is 2.18. The van der Waals surface area contributed by atoms with Gasteiger partial charge in [-0.2, -0.15) is 0 Å². The Labute approximate surface area is 98.1 Å². The number of aliphatic hydroxyl groups excluding tert-OH is 2. The molecule has 3 N–H and O–H groups in total. The van der Waals surface area contributed by atoms with Crippen LogP contribution in [0.15, 0.2) is 24.3 Å². The van der Waals surface area contributed by atoms with Crippen LogP contribution in [-0.4, -0.2) is 33.3 Å². The molecule has 0 bridgehead atoms. The summed E-state index contributed by atoms with van der Waals surface area (Å²) in [6, 6.07) is 6.37. The zero-order valence-corrected chi connectivity index (χ0v) is 9.26. The van der Waals surface area contributed by atoms with Crippen molar-refractivity contribution in [2.75, 3.05) is 5.88 Å². The van der Waals surface area contributed by atoms with Crippen molar-refractivity contribution < 1.29 is 20.1 Å². The molecule has 1 rings (SSSR count). The molecule has 0 aliphatic rings. The van der Waals surface area contributed by atoms with E-state index < -0.39 is 18.2 Å². The van der Waals surface area contributed by atoms with Crippen LogP contribution in [0.3, 0.4) is 0 Å². The molecule has 2 unspecified atom stereocenters. The van der Waals surface area contributed by atoms with Crippen LogP contribution >= 0.6 is 11.6 Å². The van der Waals surface area contributed by atoms with Gasteiger partial charge in [-0.15, -0.1) is 11.6 Å². The molecule has 0 saturated carbocycles. The maximum atomic E-state index is 10.4. The van der Waals surface area contributed by atoms with Crippen molar-refractivity contribution in [1.82, 2.24) is 0 Å². The van der Waals surface area contributed by atoms with Crippen molar-refractivity contribution in [3.63, 3.8) is 0 Å². The lowest BCUT2D eigenvalue weighted by Gasteiger charge is -2.15. The number of halogens is 1. The molecule has 5 heteroatoms. The Morgan fingerprint density at radius 1 is 1.25 bits per heavy atom. The molecule has 88 valence electrons. The summed E-state index contributed by atoms with van der Waals surface area (Å²) < 4.78 is 0. The zero-order chi connectivity index (χ0) is 12.1. The summed E-state index contributed by atoms with van der Waals surface area (Å²) in [5.74, 6) is -0.966. The van der Waals surface area contributed by atoms with E-state index in [4.69, 9.17) is 16.7 Å². The van der Waals surface area contributed by atoms with Gasteiger partial charge in [0.05, 0.1) is 18.4 Å². The first-order valence-corrected chi connectivity index (χ1v) is 5.30. The molecule has 0 radical (unpaired) electrons. The van der Waals surface area contributed by atoms with Gasteiger partial charge in [-0.3, -0.25) is 4.79 Å². The Kier molecular flexibility index (Phi) is 4.73. The van der Waals surface area contributed by atoms with E-state index in [0.29, 0.717) is 11.1 Å². The number of aliphatic hydroxyl groups is 2. The van der Waals surface area contributed by atoms with Crippen LogP contribution in [0.5, 0.6) is 0 Å². The molecule has 2 atom stereocenters. The number of aliphatic carboxylic acids is 1. The zero-order valence-electron chi connectivity index (χ0n) is 8.51. The van der Waals surface area contributed by atoms with Gasteiger partial charge in [0.1, 0.15) is 6.10 Å². The second-order valence-corrected chi connectivity index (χ2v) is 3.79. The predicted octanol–water partition coefficient (Wildman–Crippen LogP) is 0.947. The largest absolute Gasteiger partial charge is 0.481 e. The minimum atomic E-state index is -1.05. The Morgan fingerprint density at radius 2 is 1.81 bits per heavy atom. The lowest BCUT2D eigenvalue weighted by Crippen LogP contribution is -2.19. The second-order valence-electron chi connectivity index (χ2n) is 3.48. The van der Waals surface area contributed by atoms with E-state index in [1.165, 1.54) is 0 Å². The van der Waals surface area contributed by atoms with Gasteiger partial charge < -0.3 is 15.3 Å². The number of alkyl halides is 1. The third-order valence-corrected chi connectivity index (χ3v) is 2.52. The summed E-state index contributed by atoms with van der Waals surface area (Å²) in [4.78, 5) is 10.4. The third kappa shape index (κ3) is 3.48. The number of carbonyl (C=O) groups is 1. The number of hydrogen-bond donors (Lipinski definition) is 3. The highest BCUT2D eigenvalue weighted by Gasteiger charge is 2.16. The normalized spacial score (nSPS) is 14.4. The molecule has 0 heterocycles. The van der Waals surface area contributed by atoms with Crippen LogP contribution in [0.1, 0.15) is 17.2 Å². The summed E-state index contributed by atoms with van der Waals surface area (Å²) in [5.41, 5.74) is 1.16. The van der Waals surface area contributed by atoms with Crippen LogP contribution in [0.25, 0.3) is 0 Å². The summed E-state index contributed by atoms with van der Waals surface area (Å²) in [6.07, 6.45) is -2.13. The Morgan fingerprint density at radius 3 is 2.25 bits per heavy atom. The quantitative estimate of drug-likeness (QED) is 0.674. The van der Waals surface area contributed by atoms with E-state index in [1.807, 2.05) is 0 Å². The van der Waals surface area contributed by atoms with Gasteiger partial charge in [0.25, 0.3) is 0 Å². The minimum absolute atomic E-state index is 0.0575. The molecule has 0 amide bonds. The number of carboxylic acid groups (broad SMARTS) is 1. The maximum absolute atomic E-state index is 10.4. The predicted molar refractivity (Wildman–Crippen MR) is 59.5 cm³/mol. The van der Waals surface area contributed by atoms with Crippen LogP contribution in [0.2, 0.25) is 0 Å². The third-order valence-electron chi connectivity index (χ3n) is 2.20. The van der Waals surface area contributed by atoms with Gasteiger partial charge in [-0.05, 0) is 11.1 Å². The van der Waals surface area contributed by atoms with Crippen molar-refractivity contribution in [2.24, 2.45) is 0 Å². The van der Waals surface area contributed by atoms with Crippen LogP contribution < -0.4 is 0 Å². The van der Waals surface area contributed by atoms with Crippen molar-refractivity contribution in [1.29, 1.82) is 0 Å². The smallest absolute Gasteiger partial charge is 0.307 e. The Bertz CT molecular complexity index is 350. The molecular formula is C11H13ClO4. The van der Waals surface area contributed by atoms with E-state index in [9.17, 15) is 15.0 Å². The summed E-state index contributed by atoms with van der Waals surface area (Å²) in [5, 5.41) is 27.5. The van der Waals surface area contributed by atoms with Crippen LogP contribution in [0, 0.1) is 0 Å². The van der Waals surface area contributed by atoms with E-state index in [2.05, 4.69) is 0 Å². The molecular weight excluding hydrogens is 232 g/mol. The summed E-state index contributed by atoms with van der Waals surface area (Å²) in [7, 11) is 0. The van der Waals surface area contributed by atoms with Gasteiger partial charge in [0.2, 0.25) is 0 Å². The van der Waals surface area contributed by atoms with Crippen LogP contribution in [-0.2, 0) is 11.2 Å². The molecule has 1 aromatic rings. The summed E-state index contributed by atoms with van der Waals surface area (Å²) in [6.45, 7) is 0. The van der Waals surface area contributed by atoms with Gasteiger partial charge >= 0.3 is 5.97 Å². The fraction of sp³-hybridized carbons (Fsp3) is 0.364. The first-order chi connectivity index (χ1) is 7.54. The minimum Gasteiger partial charge on any atom is -0.481 e. The highest BCUT2D eigenvalue weighted by molar-refractivity contribution is 6.18. The fourth-order valence-electron chi connectivity index (χ4n) is 1.31. The fourth-order valence-corrected chi connectivity index (χ4v) is 1.48. The second kappa shape index (κ2) is 5.84. The van der Waals surface area contributed by atoms with Crippen molar-refractivity contribution >= 4 is 17.6 Å². The Balaban J connectivity index is 2.74. The lowest BCUT2D eigenvalue weighted by molar-refractivity contribution is -0.136. The number of carboxylic acids is 1. The molecule has 16 heavy (non-hydrogen) atoms. The molecule has 4 nitrogen and oxygen atoms in total. The van der Waals surface area contributed by atoms with E-state index in [-0.39, 0.29) is 12.3 Å². The monoisotopic (exact) mass is 244 g/mol. The first-order valence-electron chi connectivity index (χ1n) is 4.77.